The molecule has 4 aliphatic rings. The Morgan fingerprint density at radius 2 is 1.67 bits per heavy atom. The topological polar surface area (TPSA) is 101 Å². The van der Waals surface area contributed by atoms with Crippen LogP contribution in [0.3, 0.4) is 0 Å². The number of hydrogen-bond donors (Lipinski definition) is 3. The van der Waals surface area contributed by atoms with E-state index in [2.05, 4.69) is 17.6 Å². The van der Waals surface area contributed by atoms with Crippen molar-refractivity contribution in [1.29, 1.82) is 0 Å². The molecule has 4 saturated carbocycles. The number of carbonyl (C=O) groups excluding carboxylic acids is 3. The molecule has 0 spiro atoms. The van der Waals surface area contributed by atoms with E-state index in [-0.39, 0.29) is 30.2 Å². The number of carbonyl (C=O) groups is 3. The van der Waals surface area contributed by atoms with Gasteiger partial charge in [-0.15, -0.1) is 0 Å². The molecule has 0 aromatic heterocycles. The quantitative estimate of drug-likeness (QED) is 0.602. The smallest absolute Gasteiger partial charge is 0.253 e. The Balaban J connectivity index is 1.44. The van der Waals surface area contributed by atoms with Crippen LogP contribution in [-0.2, 0) is 9.59 Å². The number of allylic oxidation sites excluding steroid dienone is 1. The Labute approximate surface area is 177 Å². The zero-order valence-corrected chi connectivity index (χ0v) is 17.6. The van der Waals surface area contributed by atoms with Crippen LogP contribution < -0.4 is 16.4 Å². The zero-order valence-electron chi connectivity index (χ0n) is 17.6. The minimum atomic E-state index is -0.470. The highest BCUT2D eigenvalue weighted by atomic mass is 16.2. The molecule has 0 aliphatic heterocycles. The van der Waals surface area contributed by atoms with Crippen LogP contribution in [-0.4, -0.2) is 24.3 Å². The third-order valence-electron chi connectivity index (χ3n) is 7.31. The fraction of sp³-hybridized carbons (Fsp3) is 0.542. The van der Waals surface area contributed by atoms with E-state index in [4.69, 9.17) is 5.73 Å². The highest BCUT2D eigenvalue weighted by Crippen LogP contribution is 2.62. The second-order valence-corrected chi connectivity index (χ2v) is 9.53. The van der Waals surface area contributed by atoms with Gasteiger partial charge in [0.15, 0.2) is 0 Å². The van der Waals surface area contributed by atoms with Gasteiger partial charge in [-0.25, -0.2) is 0 Å². The van der Waals surface area contributed by atoms with Crippen molar-refractivity contribution < 1.29 is 14.4 Å². The predicted molar refractivity (Wildman–Crippen MR) is 116 cm³/mol. The first-order valence-electron chi connectivity index (χ1n) is 11.0. The van der Waals surface area contributed by atoms with Gasteiger partial charge in [0.1, 0.15) is 0 Å². The van der Waals surface area contributed by atoms with Crippen molar-refractivity contribution in [3.63, 3.8) is 0 Å². The van der Waals surface area contributed by atoms with Crippen LogP contribution >= 0.6 is 0 Å². The molecular weight excluding hydrogens is 378 g/mol. The van der Waals surface area contributed by atoms with E-state index in [0.717, 1.165) is 17.8 Å². The van der Waals surface area contributed by atoms with Crippen LogP contribution in [0.25, 0.3) is 0 Å². The molecule has 1 aromatic rings. The highest BCUT2D eigenvalue weighted by Gasteiger charge is 2.51. The summed E-state index contributed by atoms with van der Waals surface area (Å²) in [6, 6.07) is 6.90. The summed E-state index contributed by atoms with van der Waals surface area (Å²) in [4.78, 5) is 36.1. The van der Waals surface area contributed by atoms with Crippen LogP contribution in [0, 0.1) is 23.2 Å². The number of amides is 3. The molecular formula is C24H31N3O3. The first-order valence-corrected chi connectivity index (χ1v) is 11.0. The highest BCUT2D eigenvalue weighted by molar-refractivity contribution is 6.06. The predicted octanol–water partition coefficient (Wildman–Crippen LogP) is 3.39. The lowest BCUT2D eigenvalue weighted by molar-refractivity contribution is -0.118. The van der Waals surface area contributed by atoms with Gasteiger partial charge in [-0.2, -0.15) is 0 Å². The summed E-state index contributed by atoms with van der Waals surface area (Å²) < 4.78 is 0. The standard InChI is InChI=1S/C24H31N3O3/c1-15(24-12-16-9-17(13-24)11-18(10-16)14-24)8-22(29)27-20-5-3-2-4-19(20)23(30)26-7-6-21(25)28/h2-5,8,16-18H,6-7,9-14H2,1H3,(H2,25,28)(H,26,30)(H,27,29)/b15-8-. The lowest BCUT2D eigenvalue weighted by Gasteiger charge is -2.57. The van der Waals surface area contributed by atoms with E-state index in [1.54, 1.807) is 30.3 Å². The van der Waals surface area contributed by atoms with E-state index < -0.39 is 5.91 Å². The van der Waals surface area contributed by atoms with Crippen LogP contribution in [0.4, 0.5) is 5.69 Å². The third-order valence-corrected chi connectivity index (χ3v) is 7.31. The molecule has 30 heavy (non-hydrogen) atoms. The number of hydrogen-bond acceptors (Lipinski definition) is 3. The van der Waals surface area contributed by atoms with Crippen LogP contribution in [0.5, 0.6) is 0 Å². The van der Waals surface area contributed by atoms with Gasteiger partial charge in [0.05, 0.1) is 11.3 Å². The van der Waals surface area contributed by atoms with Gasteiger partial charge in [-0.05, 0) is 80.8 Å². The summed E-state index contributed by atoms with van der Waals surface area (Å²) >= 11 is 0. The molecule has 0 saturated heterocycles. The molecule has 0 heterocycles. The van der Waals surface area contributed by atoms with Gasteiger partial charge in [-0.1, -0.05) is 17.7 Å². The average Bonchev–Trinajstić information content (AvgIpc) is 2.67. The second kappa shape index (κ2) is 8.25. The van der Waals surface area contributed by atoms with E-state index in [1.165, 1.54) is 44.1 Å². The van der Waals surface area contributed by atoms with Crippen molar-refractivity contribution >= 4 is 23.4 Å². The fourth-order valence-corrected chi connectivity index (χ4v) is 6.30. The Bertz CT molecular complexity index is 854. The number of nitrogens with two attached hydrogens (primary N) is 1. The van der Waals surface area contributed by atoms with Gasteiger partial charge in [0.25, 0.3) is 5.91 Å². The number of para-hydroxylation sites is 1. The lowest BCUT2D eigenvalue weighted by Crippen LogP contribution is -2.46. The van der Waals surface area contributed by atoms with E-state index in [0.29, 0.717) is 11.3 Å². The molecule has 5 rings (SSSR count). The Hall–Kier alpha value is -2.63. The molecule has 6 nitrogen and oxygen atoms in total. The first-order chi connectivity index (χ1) is 14.3. The monoisotopic (exact) mass is 409 g/mol. The van der Waals surface area contributed by atoms with Crippen molar-refractivity contribution in [2.75, 3.05) is 11.9 Å². The number of primary amides is 1. The molecule has 0 unspecified atom stereocenters. The minimum Gasteiger partial charge on any atom is -0.370 e. The molecule has 4 fully saturated rings. The van der Waals surface area contributed by atoms with Crippen molar-refractivity contribution in [3.05, 3.63) is 41.5 Å². The van der Waals surface area contributed by atoms with Gasteiger partial charge in [-0.3, -0.25) is 14.4 Å². The molecule has 160 valence electrons. The summed E-state index contributed by atoms with van der Waals surface area (Å²) in [5.74, 6) is 1.48. The summed E-state index contributed by atoms with van der Waals surface area (Å²) in [5, 5.41) is 5.55. The molecule has 4 N–H and O–H groups in total. The molecule has 4 aliphatic carbocycles. The maximum atomic E-state index is 12.8. The minimum absolute atomic E-state index is 0.0767. The maximum Gasteiger partial charge on any atom is 0.253 e. The molecule has 3 amide bonds. The molecule has 4 bridgehead atoms. The lowest BCUT2D eigenvalue weighted by atomic mass is 9.48. The number of anilines is 1. The third kappa shape index (κ3) is 4.27. The number of nitrogens with one attached hydrogen (secondary N) is 2. The van der Waals surface area contributed by atoms with Crippen LogP contribution in [0.1, 0.15) is 62.2 Å². The van der Waals surface area contributed by atoms with Crippen molar-refractivity contribution in [2.45, 2.75) is 51.9 Å². The summed E-state index contributed by atoms with van der Waals surface area (Å²) in [6.45, 7) is 2.27. The van der Waals surface area contributed by atoms with Crippen LogP contribution in [0.2, 0.25) is 0 Å². The zero-order chi connectivity index (χ0) is 21.3. The van der Waals surface area contributed by atoms with Gasteiger partial charge in [0, 0.05) is 19.0 Å². The Kier molecular flexibility index (Phi) is 5.67. The first kappa shape index (κ1) is 20.6. The van der Waals surface area contributed by atoms with Crippen LogP contribution in [0.15, 0.2) is 35.9 Å². The van der Waals surface area contributed by atoms with E-state index in [9.17, 15) is 14.4 Å². The van der Waals surface area contributed by atoms with Gasteiger partial charge < -0.3 is 16.4 Å². The maximum absolute atomic E-state index is 12.8. The molecule has 0 radical (unpaired) electrons. The molecule has 1 aromatic carbocycles. The SMILES string of the molecule is C/C(=C/C(=O)Nc1ccccc1C(=O)NCCC(N)=O)C12CC3CC(CC(C3)C1)C2. The largest absolute Gasteiger partial charge is 0.370 e. The molecule has 0 atom stereocenters. The van der Waals surface area contributed by atoms with Gasteiger partial charge >= 0.3 is 0 Å². The summed E-state index contributed by atoms with van der Waals surface area (Å²) in [6.07, 6.45) is 9.58. The average molecular weight is 410 g/mol. The fourth-order valence-electron chi connectivity index (χ4n) is 6.30. The van der Waals surface area contributed by atoms with Gasteiger partial charge in [0.2, 0.25) is 11.8 Å². The second-order valence-electron chi connectivity index (χ2n) is 9.53. The Morgan fingerprint density at radius 3 is 2.27 bits per heavy atom. The summed E-state index contributed by atoms with van der Waals surface area (Å²) in [5.41, 5.74) is 7.33. The normalized spacial score (nSPS) is 29.5. The van der Waals surface area contributed by atoms with Crippen molar-refractivity contribution in [3.8, 4) is 0 Å². The Morgan fingerprint density at radius 1 is 1.07 bits per heavy atom. The molecule has 6 heteroatoms. The van der Waals surface area contributed by atoms with E-state index >= 15 is 0 Å². The van der Waals surface area contributed by atoms with Crippen molar-refractivity contribution in [1.82, 2.24) is 5.32 Å². The summed E-state index contributed by atoms with van der Waals surface area (Å²) in [7, 11) is 0. The van der Waals surface area contributed by atoms with E-state index in [1.807, 2.05) is 0 Å². The number of rotatable bonds is 7. The number of benzene rings is 1. The van der Waals surface area contributed by atoms with Crippen molar-refractivity contribution in [2.24, 2.45) is 28.9 Å².